The average Bonchev–Trinajstić information content (AvgIpc) is 3.33. The second kappa shape index (κ2) is 12.7. The summed E-state index contributed by atoms with van der Waals surface area (Å²) in [5, 5.41) is 0. The Morgan fingerprint density at radius 1 is 0.290 bits per heavy atom. The SMILES string of the molecule is c1ccc(N(c2ccccc2)c2ccc3c(c2)Oc2cc4c5c6c2B3c2cccc3c2N6c2c(cccc2B5c2ccc(N(c5ccccc5)c5ccccc5)cc2O4)O3)cc1. The Balaban J connectivity index is 0.984. The van der Waals surface area contributed by atoms with E-state index in [9.17, 15) is 0 Å². The van der Waals surface area contributed by atoms with Crippen molar-refractivity contribution < 1.29 is 14.2 Å². The molecule has 9 aromatic rings. The molecule has 5 aliphatic heterocycles. The Hall–Kier alpha value is -8.09. The van der Waals surface area contributed by atoms with Gasteiger partial charge in [0, 0.05) is 58.0 Å². The second-order valence-electron chi connectivity index (χ2n) is 16.4. The minimum Gasteiger partial charge on any atom is -0.458 e. The average molecular weight is 794 g/mol. The molecule has 0 spiro atoms. The van der Waals surface area contributed by atoms with Crippen LogP contribution in [-0.4, -0.2) is 13.4 Å². The van der Waals surface area contributed by atoms with Gasteiger partial charge in [-0.3, -0.25) is 0 Å². The van der Waals surface area contributed by atoms with E-state index in [-0.39, 0.29) is 13.4 Å². The fourth-order valence-electron chi connectivity index (χ4n) is 10.6. The molecule has 0 fully saturated rings. The van der Waals surface area contributed by atoms with Gasteiger partial charge < -0.3 is 28.9 Å². The lowest BCUT2D eigenvalue weighted by Gasteiger charge is -2.49. The molecule has 9 aromatic carbocycles. The summed E-state index contributed by atoms with van der Waals surface area (Å²) in [6.45, 7) is -0.192. The van der Waals surface area contributed by atoms with Gasteiger partial charge >= 0.3 is 0 Å². The minimum absolute atomic E-state index is 0.0960. The van der Waals surface area contributed by atoms with Crippen LogP contribution in [0.3, 0.4) is 0 Å². The van der Waals surface area contributed by atoms with Crippen molar-refractivity contribution in [3.05, 3.63) is 200 Å². The van der Waals surface area contributed by atoms with Crippen molar-refractivity contribution in [3.63, 3.8) is 0 Å². The van der Waals surface area contributed by atoms with E-state index in [4.69, 9.17) is 14.2 Å². The van der Waals surface area contributed by atoms with Crippen LogP contribution in [-0.2, 0) is 0 Å². The minimum atomic E-state index is -0.0960. The third-order valence-corrected chi connectivity index (χ3v) is 13.1. The number of nitrogens with zero attached hydrogens (tertiary/aromatic N) is 3. The summed E-state index contributed by atoms with van der Waals surface area (Å²) in [6.07, 6.45) is 0. The van der Waals surface area contributed by atoms with Crippen molar-refractivity contribution in [2.24, 2.45) is 0 Å². The molecule has 5 heterocycles. The number of hydrogen-bond acceptors (Lipinski definition) is 6. The molecule has 0 aliphatic carbocycles. The van der Waals surface area contributed by atoms with Crippen LogP contribution in [0, 0.1) is 0 Å². The highest BCUT2D eigenvalue weighted by atomic mass is 16.5. The first-order valence-electron chi connectivity index (χ1n) is 21.2. The first-order chi connectivity index (χ1) is 30.8. The van der Waals surface area contributed by atoms with E-state index in [0.717, 1.165) is 108 Å². The van der Waals surface area contributed by atoms with Crippen molar-refractivity contribution in [2.75, 3.05) is 14.7 Å². The predicted octanol–water partition coefficient (Wildman–Crippen LogP) is 10.1. The first-order valence-corrected chi connectivity index (χ1v) is 21.2. The fourth-order valence-corrected chi connectivity index (χ4v) is 10.6. The van der Waals surface area contributed by atoms with Gasteiger partial charge in [0.25, 0.3) is 13.4 Å². The smallest absolute Gasteiger partial charge is 0.256 e. The first kappa shape index (κ1) is 33.7. The molecule has 14 rings (SSSR count). The molecule has 0 saturated carbocycles. The predicted molar refractivity (Wildman–Crippen MR) is 253 cm³/mol. The molecule has 0 unspecified atom stereocenters. The summed E-state index contributed by atoms with van der Waals surface area (Å²) in [5.41, 5.74) is 16.5. The summed E-state index contributed by atoms with van der Waals surface area (Å²) in [4.78, 5) is 7.02. The largest absolute Gasteiger partial charge is 0.458 e. The molecule has 0 amide bonds. The van der Waals surface area contributed by atoms with Gasteiger partial charge in [0.05, 0.1) is 11.4 Å². The zero-order valence-corrected chi connectivity index (χ0v) is 33.3. The molecular weight excluding hydrogens is 760 g/mol. The number of anilines is 9. The van der Waals surface area contributed by atoms with E-state index >= 15 is 0 Å². The van der Waals surface area contributed by atoms with Crippen LogP contribution in [0.4, 0.5) is 51.2 Å². The summed E-state index contributed by atoms with van der Waals surface area (Å²) in [7, 11) is 0. The molecule has 0 bridgehead atoms. The highest BCUT2D eigenvalue weighted by Crippen LogP contribution is 2.54. The topological polar surface area (TPSA) is 37.4 Å². The maximum atomic E-state index is 7.20. The molecule has 6 nitrogen and oxygen atoms in total. The number of hydrogen-bond donors (Lipinski definition) is 0. The van der Waals surface area contributed by atoms with Gasteiger partial charge in [-0.05, 0) is 106 Å². The van der Waals surface area contributed by atoms with Crippen LogP contribution in [0.2, 0.25) is 0 Å². The van der Waals surface area contributed by atoms with Gasteiger partial charge in [-0.15, -0.1) is 0 Å². The molecule has 0 N–H and O–H groups in total. The second-order valence-corrected chi connectivity index (χ2v) is 16.4. The monoisotopic (exact) mass is 793 g/mol. The summed E-state index contributed by atoms with van der Waals surface area (Å²) < 4.78 is 21.3. The lowest BCUT2D eigenvalue weighted by molar-refractivity contribution is 0.464. The zero-order chi connectivity index (χ0) is 40.5. The van der Waals surface area contributed by atoms with Crippen LogP contribution in [0.15, 0.2) is 200 Å². The number of para-hydroxylation sites is 6. The van der Waals surface area contributed by atoms with Gasteiger partial charge in [0.15, 0.2) is 11.5 Å². The number of benzene rings is 9. The Morgan fingerprint density at radius 3 is 1.08 bits per heavy atom. The van der Waals surface area contributed by atoms with Crippen LogP contribution in [0.25, 0.3) is 0 Å². The van der Waals surface area contributed by atoms with E-state index < -0.39 is 0 Å². The highest BCUT2D eigenvalue weighted by Gasteiger charge is 2.53. The Bertz CT molecular complexity index is 3020. The van der Waals surface area contributed by atoms with Crippen LogP contribution in [0.5, 0.6) is 34.5 Å². The third-order valence-electron chi connectivity index (χ3n) is 13.1. The number of fused-ring (bicyclic) bond motifs is 6. The van der Waals surface area contributed by atoms with E-state index in [2.05, 4.69) is 215 Å². The number of rotatable bonds is 6. The van der Waals surface area contributed by atoms with Gasteiger partial charge in [0.2, 0.25) is 0 Å². The number of ether oxygens (including phenoxy) is 3. The molecule has 8 heteroatoms. The van der Waals surface area contributed by atoms with Crippen molar-refractivity contribution in [2.45, 2.75) is 0 Å². The standard InChI is InChI=1S/C54H33B2N3O3/c1-5-15-34(16-6-1)57(35-17-7-2-8-18-35)38-27-29-40-46(31-38)61-48-33-49-51-54-50(48)55(40)42-23-13-25-44-52(42)59(54)53-43(24-14-26-45(53)60-44)56(51)41-30-28-39(32-47(41)62-49)58(36-19-9-3-10-20-36)37-21-11-4-12-22-37/h1-33H. The lowest BCUT2D eigenvalue weighted by atomic mass is 9.29. The maximum absolute atomic E-state index is 7.20. The normalized spacial score (nSPS) is 13.5. The van der Waals surface area contributed by atoms with Crippen LogP contribution < -0.4 is 61.7 Å². The van der Waals surface area contributed by atoms with Crippen LogP contribution >= 0.6 is 0 Å². The molecule has 0 atom stereocenters. The van der Waals surface area contributed by atoms with Crippen LogP contribution in [0.1, 0.15) is 0 Å². The molecule has 0 radical (unpaired) electrons. The van der Waals surface area contributed by atoms with Crippen molar-refractivity contribution in [1.29, 1.82) is 0 Å². The van der Waals surface area contributed by atoms with Gasteiger partial charge in [-0.2, -0.15) is 0 Å². The summed E-state index contributed by atoms with van der Waals surface area (Å²) in [5.74, 6) is 4.94. The maximum Gasteiger partial charge on any atom is 0.256 e. The van der Waals surface area contributed by atoms with E-state index in [1.807, 2.05) is 0 Å². The Morgan fingerprint density at radius 2 is 0.677 bits per heavy atom. The molecule has 0 aromatic heterocycles. The van der Waals surface area contributed by atoms with Crippen molar-refractivity contribution in [1.82, 2.24) is 0 Å². The van der Waals surface area contributed by atoms with E-state index in [1.54, 1.807) is 0 Å². The molecule has 5 aliphatic rings. The summed E-state index contributed by atoms with van der Waals surface area (Å²) in [6, 6.07) is 70.6. The Kier molecular flexibility index (Phi) is 6.91. The molecule has 0 saturated heterocycles. The van der Waals surface area contributed by atoms with Crippen molar-refractivity contribution >= 4 is 97.4 Å². The highest BCUT2D eigenvalue weighted by molar-refractivity contribution is 7.03. The molecule has 288 valence electrons. The third kappa shape index (κ3) is 4.66. The van der Waals surface area contributed by atoms with Gasteiger partial charge in [0.1, 0.15) is 23.0 Å². The zero-order valence-electron chi connectivity index (χ0n) is 33.3. The fraction of sp³-hybridized carbons (Fsp3) is 0. The lowest BCUT2D eigenvalue weighted by Crippen LogP contribution is -2.67. The quantitative estimate of drug-likeness (QED) is 0.156. The van der Waals surface area contributed by atoms with Crippen molar-refractivity contribution in [3.8, 4) is 34.5 Å². The van der Waals surface area contributed by atoms with E-state index in [0.29, 0.717) is 0 Å². The van der Waals surface area contributed by atoms with Gasteiger partial charge in [-0.25, -0.2) is 0 Å². The summed E-state index contributed by atoms with van der Waals surface area (Å²) >= 11 is 0. The Labute approximate surface area is 359 Å². The van der Waals surface area contributed by atoms with Gasteiger partial charge in [-0.1, -0.05) is 109 Å². The molecule has 62 heavy (non-hydrogen) atoms. The molecular formula is C54H33B2N3O3. The van der Waals surface area contributed by atoms with E-state index in [1.165, 1.54) is 10.9 Å².